The summed E-state index contributed by atoms with van der Waals surface area (Å²) in [5.41, 5.74) is 1.65. The molecule has 4 rings (SSSR count). The number of hydrogen-bond donors (Lipinski definition) is 1. The summed E-state index contributed by atoms with van der Waals surface area (Å²) in [7, 11) is -3.96. The standard InChI is InChI=1S/C22H23N3O6S/c1-16(22(26)31-15-17-4-6-18(7-5-17)25-11-2-10-23-25)24-32(27,28)19-8-9-20-21(14-19)30-13-3-12-29-20/h2,4-11,14,16,24H,3,12-13,15H2,1H3/t16-/m0/s1. The SMILES string of the molecule is C[C@H](NS(=O)(=O)c1ccc2c(c1)OCCCO2)C(=O)OCc1ccc(-n2cccn2)cc1. The molecule has 0 bridgehead atoms. The zero-order chi connectivity index (χ0) is 22.6. The molecule has 1 aliphatic heterocycles. The first-order valence-corrected chi connectivity index (χ1v) is 11.6. The van der Waals surface area contributed by atoms with Gasteiger partial charge in [-0.1, -0.05) is 12.1 Å². The van der Waals surface area contributed by atoms with E-state index in [0.29, 0.717) is 31.1 Å². The molecule has 0 spiro atoms. The van der Waals surface area contributed by atoms with E-state index in [1.807, 2.05) is 36.5 Å². The first-order valence-electron chi connectivity index (χ1n) is 10.1. The van der Waals surface area contributed by atoms with Gasteiger partial charge in [-0.05, 0) is 42.8 Å². The zero-order valence-corrected chi connectivity index (χ0v) is 18.2. The van der Waals surface area contributed by atoms with Crippen LogP contribution in [0.1, 0.15) is 18.9 Å². The van der Waals surface area contributed by atoms with E-state index < -0.39 is 22.0 Å². The van der Waals surface area contributed by atoms with Crippen LogP contribution in [0.4, 0.5) is 0 Å². The highest BCUT2D eigenvalue weighted by molar-refractivity contribution is 7.89. The van der Waals surface area contributed by atoms with Crippen molar-refractivity contribution in [2.45, 2.75) is 30.9 Å². The largest absolute Gasteiger partial charge is 0.490 e. The van der Waals surface area contributed by atoms with Crippen LogP contribution in [-0.2, 0) is 26.2 Å². The number of benzene rings is 2. The Balaban J connectivity index is 1.35. The second kappa shape index (κ2) is 9.41. The summed E-state index contributed by atoms with van der Waals surface area (Å²) < 4.78 is 45.8. The molecule has 0 saturated carbocycles. The quantitative estimate of drug-likeness (QED) is 0.543. The molecule has 0 radical (unpaired) electrons. The molecular weight excluding hydrogens is 434 g/mol. The van der Waals surface area contributed by atoms with E-state index in [9.17, 15) is 13.2 Å². The van der Waals surface area contributed by atoms with Crippen molar-refractivity contribution in [2.24, 2.45) is 0 Å². The fraction of sp³-hybridized carbons (Fsp3) is 0.273. The van der Waals surface area contributed by atoms with Crippen LogP contribution in [0.2, 0.25) is 0 Å². The number of carbonyl (C=O) groups is 1. The van der Waals surface area contributed by atoms with E-state index in [-0.39, 0.29) is 11.5 Å². The first-order chi connectivity index (χ1) is 15.4. The number of hydrogen-bond acceptors (Lipinski definition) is 7. The predicted molar refractivity (Wildman–Crippen MR) is 115 cm³/mol. The van der Waals surface area contributed by atoms with Gasteiger partial charge in [0.25, 0.3) is 0 Å². The van der Waals surface area contributed by atoms with Crippen LogP contribution in [0.5, 0.6) is 11.5 Å². The van der Waals surface area contributed by atoms with Gasteiger partial charge in [-0.25, -0.2) is 13.1 Å². The monoisotopic (exact) mass is 457 g/mol. The third kappa shape index (κ3) is 5.09. The number of aromatic nitrogens is 2. The normalized spacial score (nSPS) is 14.4. The topological polar surface area (TPSA) is 109 Å². The van der Waals surface area contributed by atoms with Crippen molar-refractivity contribution in [2.75, 3.05) is 13.2 Å². The molecule has 1 aromatic heterocycles. The van der Waals surface area contributed by atoms with Crippen molar-refractivity contribution in [3.8, 4) is 17.2 Å². The maximum absolute atomic E-state index is 12.7. The molecule has 3 aromatic rings. The number of esters is 1. The lowest BCUT2D eigenvalue weighted by Crippen LogP contribution is -2.39. The Morgan fingerprint density at radius 2 is 1.91 bits per heavy atom. The van der Waals surface area contributed by atoms with Crippen LogP contribution in [0.3, 0.4) is 0 Å². The summed E-state index contributed by atoms with van der Waals surface area (Å²) >= 11 is 0. The Hall–Kier alpha value is -3.37. The number of nitrogens with one attached hydrogen (secondary N) is 1. The van der Waals surface area contributed by atoms with Gasteiger partial charge in [0.15, 0.2) is 11.5 Å². The molecule has 32 heavy (non-hydrogen) atoms. The lowest BCUT2D eigenvalue weighted by atomic mass is 10.2. The second-order valence-electron chi connectivity index (χ2n) is 7.23. The molecular formula is C22H23N3O6S. The molecule has 0 amide bonds. The van der Waals surface area contributed by atoms with E-state index in [1.54, 1.807) is 16.9 Å². The molecule has 1 atom stereocenters. The number of carbonyl (C=O) groups excluding carboxylic acids is 1. The number of ether oxygens (including phenoxy) is 3. The second-order valence-corrected chi connectivity index (χ2v) is 8.94. The smallest absolute Gasteiger partial charge is 0.324 e. The van der Waals surface area contributed by atoms with Crippen molar-refractivity contribution < 1.29 is 27.4 Å². The lowest BCUT2D eigenvalue weighted by Gasteiger charge is -2.15. The molecule has 0 aliphatic carbocycles. The highest BCUT2D eigenvalue weighted by Crippen LogP contribution is 2.31. The minimum absolute atomic E-state index is 0.0180. The molecule has 2 aromatic carbocycles. The van der Waals surface area contributed by atoms with Crippen molar-refractivity contribution in [1.82, 2.24) is 14.5 Å². The third-order valence-corrected chi connectivity index (χ3v) is 6.34. The van der Waals surface area contributed by atoms with E-state index in [4.69, 9.17) is 14.2 Å². The molecule has 9 nitrogen and oxygen atoms in total. The van der Waals surface area contributed by atoms with Gasteiger partial charge in [0.05, 0.1) is 23.8 Å². The Morgan fingerprint density at radius 1 is 1.16 bits per heavy atom. The van der Waals surface area contributed by atoms with E-state index >= 15 is 0 Å². The average molecular weight is 458 g/mol. The number of rotatable bonds is 7. The Morgan fingerprint density at radius 3 is 2.62 bits per heavy atom. The fourth-order valence-corrected chi connectivity index (χ4v) is 4.31. The van der Waals surface area contributed by atoms with E-state index in [0.717, 1.165) is 11.3 Å². The summed E-state index contributed by atoms with van der Waals surface area (Å²) in [6, 6.07) is 12.4. The lowest BCUT2D eigenvalue weighted by molar-refractivity contribution is -0.146. The molecule has 1 aliphatic rings. The van der Waals surface area contributed by atoms with E-state index in [2.05, 4.69) is 9.82 Å². The number of fused-ring (bicyclic) bond motifs is 1. The maximum Gasteiger partial charge on any atom is 0.324 e. The minimum Gasteiger partial charge on any atom is -0.490 e. The van der Waals surface area contributed by atoms with E-state index in [1.165, 1.54) is 19.1 Å². The van der Waals surface area contributed by atoms with Gasteiger partial charge < -0.3 is 14.2 Å². The Labute approximate surface area is 186 Å². The van der Waals surface area contributed by atoms with Crippen molar-refractivity contribution in [3.63, 3.8) is 0 Å². The van der Waals surface area contributed by atoms with Crippen molar-refractivity contribution in [3.05, 3.63) is 66.5 Å². The molecule has 2 heterocycles. The van der Waals surface area contributed by atoms with Crippen molar-refractivity contribution in [1.29, 1.82) is 0 Å². The van der Waals surface area contributed by atoms with Gasteiger partial charge in [0, 0.05) is 24.9 Å². The van der Waals surface area contributed by atoms with Crippen LogP contribution >= 0.6 is 0 Å². The summed E-state index contributed by atoms with van der Waals surface area (Å²) in [5.74, 6) is 0.172. The average Bonchev–Trinajstić information content (AvgIpc) is 3.22. The summed E-state index contributed by atoms with van der Waals surface area (Å²) in [6.07, 6.45) is 4.22. The van der Waals surface area contributed by atoms with Gasteiger partial charge in [0.2, 0.25) is 10.0 Å². The van der Waals surface area contributed by atoms with Crippen LogP contribution in [0.15, 0.2) is 65.8 Å². The molecule has 1 N–H and O–H groups in total. The number of sulfonamides is 1. The molecule has 10 heteroatoms. The molecule has 0 saturated heterocycles. The third-order valence-electron chi connectivity index (χ3n) is 4.80. The molecule has 0 fully saturated rings. The van der Waals surface area contributed by atoms with Gasteiger partial charge >= 0.3 is 5.97 Å². The van der Waals surface area contributed by atoms with Crippen LogP contribution in [0.25, 0.3) is 5.69 Å². The predicted octanol–water partition coefficient (Wildman–Crippen LogP) is 2.44. The van der Waals surface area contributed by atoms with Gasteiger partial charge in [-0.15, -0.1) is 0 Å². The minimum atomic E-state index is -3.96. The Kier molecular flexibility index (Phi) is 6.42. The summed E-state index contributed by atoms with van der Waals surface area (Å²) in [5, 5.41) is 4.15. The maximum atomic E-state index is 12.7. The number of nitrogens with zero attached hydrogens (tertiary/aromatic N) is 2. The summed E-state index contributed by atoms with van der Waals surface area (Å²) in [6.45, 7) is 2.40. The fourth-order valence-electron chi connectivity index (χ4n) is 3.11. The first kappa shape index (κ1) is 21.8. The van der Waals surface area contributed by atoms with Gasteiger partial charge in [-0.3, -0.25) is 4.79 Å². The van der Waals surface area contributed by atoms with Gasteiger partial charge in [-0.2, -0.15) is 9.82 Å². The summed E-state index contributed by atoms with van der Waals surface area (Å²) in [4.78, 5) is 12.3. The van der Waals surface area contributed by atoms with Crippen LogP contribution in [-0.4, -0.2) is 43.4 Å². The van der Waals surface area contributed by atoms with Crippen molar-refractivity contribution >= 4 is 16.0 Å². The zero-order valence-electron chi connectivity index (χ0n) is 17.4. The molecule has 0 unspecified atom stereocenters. The van der Waals surface area contributed by atoms with Gasteiger partial charge in [0.1, 0.15) is 12.6 Å². The Bertz CT molecular complexity index is 1180. The molecule has 168 valence electrons. The van der Waals surface area contributed by atoms with Crippen LogP contribution < -0.4 is 14.2 Å². The highest BCUT2D eigenvalue weighted by Gasteiger charge is 2.25. The van der Waals surface area contributed by atoms with Crippen LogP contribution in [0, 0.1) is 0 Å². The highest BCUT2D eigenvalue weighted by atomic mass is 32.2.